The third-order valence-electron chi connectivity index (χ3n) is 5.98. The fourth-order valence-corrected chi connectivity index (χ4v) is 4.17. The molecular formula is C28H25NO5. The van der Waals surface area contributed by atoms with E-state index in [1.807, 2.05) is 35.0 Å². The van der Waals surface area contributed by atoms with E-state index in [2.05, 4.69) is 6.92 Å². The van der Waals surface area contributed by atoms with Crippen LogP contribution >= 0.6 is 0 Å². The highest BCUT2D eigenvalue weighted by atomic mass is 16.4. The highest BCUT2D eigenvalue weighted by Gasteiger charge is 2.14. The Hall–Kier alpha value is -4.19. The normalized spacial score (nSPS) is 11.0. The van der Waals surface area contributed by atoms with E-state index in [0.29, 0.717) is 35.0 Å². The lowest BCUT2D eigenvalue weighted by Crippen LogP contribution is -2.16. The van der Waals surface area contributed by atoms with Crippen LogP contribution in [0.25, 0.3) is 22.0 Å². The van der Waals surface area contributed by atoms with E-state index in [1.54, 1.807) is 36.4 Å². The summed E-state index contributed by atoms with van der Waals surface area (Å²) in [5.74, 6) is -2.02. The second kappa shape index (κ2) is 9.75. The number of carboxylic acid groups (broad SMARTS) is 2. The molecule has 1 aromatic heterocycles. The van der Waals surface area contributed by atoms with Gasteiger partial charge in [-0.1, -0.05) is 55.8 Å². The number of benzene rings is 3. The van der Waals surface area contributed by atoms with Gasteiger partial charge in [-0.2, -0.15) is 0 Å². The molecule has 0 saturated carbocycles. The zero-order chi connectivity index (χ0) is 24.2. The quantitative estimate of drug-likeness (QED) is 0.368. The van der Waals surface area contributed by atoms with Gasteiger partial charge in [0.25, 0.3) is 0 Å². The molecule has 2 N–H and O–H groups in total. The van der Waals surface area contributed by atoms with Crippen molar-refractivity contribution in [3.05, 3.63) is 105 Å². The summed E-state index contributed by atoms with van der Waals surface area (Å²) >= 11 is 0. The van der Waals surface area contributed by atoms with Crippen molar-refractivity contribution in [1.29, 1.82) is 0 Å². The average Bonchev–Trinajstić information content (AvgIpc) is 2.85. The van der Waals surface area contributed by atoms with Gasteiger partial charge in [0, 0.05) is 23.7 Å². The van der Waals surface area contributed by atoms with Crippen molar-refractivity contribution < 1.29 is 19.8 Å². The number of carbonyl (C=O) groups is 2. The number of aromatic nitrogens is 1. The maximum absolute atomic E-state index is 13.0. The molecule has 3 aromatic carbocycles. The highest BCUT2D eigenvalue weighted by molar-refractivity contribution is 5.96. The van der Waals surface area contributed by atoms with Crippen molar-refractivity contribution in [3.63, 3.8) is 0 Å². The van der Waals surface area contributed by atoms with Gasteiger partial charge in [0.1, 0.15) is 0 Å². The summed E-state index contributed by atoms with van der Waals surface area (Å²) in [6.45, 7) is 2.52. The molecule has 0 aliphatic heterocycles. The lowest BCUT2D eigenvalue weighted by atomic mass is 9.98. The lowest BCUT2D eigenvalue weighted by Gasteiger charge is -2.15. The molecule has 6 nitrogen and oxygen atoms in total. The molecule has 0 saturated heterocycles. The Morgan fingerprint density at radius 1 is 0.912 bits per heavy atom. The van der Waals surface area contributed by atoms with Crippen molar-refractivity contribution in [2.75, 3.05) is 0 Å². The molecule has 0 spiro atoms. The number of fused-ring (bicyclic) bond motifs is 1. The molecule has 0 radical (unpaired) electrons. The minimum atomic E-state index is -1.04. The van der Waals surface area contributed by atoms with E-state index in [9.17, 15) is 24.6 Å². The Morgan fingerprint density at radius 2 is 1.65 bits per heavy atom. The van der Waals surface area contributed by atoms with Gasteiger partial charge in [-0.3, -0.25) is 4.79 Å². The second-order valence-corrected chi connectivity index (χ2v) is 8.30. The Morgan fingerprint density at radius 3 is 2.32 bits per heavy atom. The summed E-state index contributed by atoms with van der Waals surface area (Å²) in [5, 5.41) is 19.4. The van der Waals surface area contributed by atoms with E-state index in [-0.39, 0.29) is 16.6 Å². The SMILES string of the molecule is CCCCc1cn(Cc2ccc(-c3ccccc3C(=O)O)cc2)c2cc(C(=O)O)ccc2c1=O. The second-order valence-electron chi connectivity index (χ2n) is 8.30. The summed E-state index contributed by atoms with van der Waals surface area (Å²) in [7, 11) is 0. The van der Waals surface area contributed by atoms with Gasteiger partial charge in [0.05, 0.1) is 16.6 Å². The van der Waals surface area contributed by atoms with Gasteiger partial charge >= 0.3 is 11.9 Å². The summed E-state index contributed by atoms with van der Waals surface area (Å²) in [5.41, 5.74) is 3.98. The first kappa shape index (κ1) is 23.0. The number of aromatic carboxylic acids is 2. The number of rotatable bonds is 8. The van der Waals surface area contributed by atoms with Crippen molar-refractivity contribution in [2.45, 2.75) is 32.7 Å². The van der Waals surface area contributed by atoms with Crippen LogP contribution in [0.3, 0.4) is 0 Å². The third kappa shape index (κ3) is 4.62. The lowest BCUT2D eigenvalue weighted by molar-refractivity contribution is 0.0686. The zero-order valence-corrected chi connectivity index (χ0v) is 18.8. The number of unbranched alkanes of at least 4 members (excludes halogenated alkanes) is 1. The molecule has 0 amide bonds. The topological polar surface area (TPSA) is 96.6 Å². The van der Waals surface area contributed by atoms with Gasteiger partial charge in [0.2, 0.25) is 0 Å². The molecule has 4 rings (SSSR count). The maximum atomic E-state index is 13.0. The minimum Gasteiger partial charge on any atom is -0.478 e. The van der Waals surface area contributed by atoms with Gasteiger partial charge in [-0.15, -0.1) is 0 Å². The Bertz CT molecular complexity index is 1430. The van der Waals surface area contributed by atoms with Crippen molar-refractivity contribution in [3.8, 4) is 11.1 Å². The van der Waals surface area contributed by atoms with E-state index in [0.717, 1.165) is 24.0 Å². The highest BCUT2D eigenvalue weighted by Crippen LogP contribution is 2.25. The summed E-state index contributed by atoms with van der Waals surface area (Å²) in [6, 6.07) is 19.1. The van der Waals surface area contributed by atoms with Crippen LogP contribution in [0.15, 0.2) is 77.7 Å². The van der Waals surface area contributed by atoms with Crippen LogP contribution in [0.1, 0.15) is 51.6 Å². The number of carboxylic acids is 2. The van der Waals surface area contributed by atoms with E-state index < -0.39 is 11.9 Å². The summed E-state index contributed by atoms with van der Waals surface area (Å²) < 4.78 is 1.92. The van der Waals surface area contributed by atoms with Crippen LogP contribution in [0.2, 0.25) is 0 Å². The van der Waals surface area contributed by atoms with Crippen LogP contribution in [0.5, 0.6) is 0 Å². The Balaban J connectivity index is 1.75. The zero-order valence-electron chi connectivity index (χ0n) is 18.8. The molecule has 0 aliphatic carbocycles. The number of pyridine rings is 1. The number of hydrogen-bond donors (Lipinski definition) is 2. The summed E-state index contributed by atoms with van der Waals surface area (Å²) in [6.07, 6.45) is 4.36. The monoisotopic (exact) mass is 455 g/mol. The van der Waals surface area contributed by atoms with Crippen LogP contribution in [0.4, 0.5) is 0 Å². The van der Waals surface area contributed by atoms with Gasteiger partial charge in [0.15, 0.2) is 5.43 Å². The first-order valence-electron chi connectivity index (χ1n) is 11.2. The van der Waals surface area contributed by atoms with Crippen LogP contribution in [0, 0.1) is 0 Å². The largest absolute Gasteiger partial charge is 0.478 e. The molecular weight excluding hydrogens is 430 g/mol. The standard InChI is InChI=1S/C28H25NO5/c1-2-3-6-21-17-29(25-15-20(27(31)32)13-14-24(25)26(21)30)16-18-9-11-19(12-10-18)22-7-4-5-8-23(22)28(33)34/h4-5,7-15,17H,2-3,6,16H2,1H3,(H,31,32)(H,33,34). The first-order valence-corrected chi connectivity index (χ1v) is 11.2. The van der Waals surface area contributed by atoms with Gasteiger partial charge in [-0.05, 0) is 53.8 Å². The molecule has 172 valence electrons. The molecule has 0 unspecified atom stereocenters. The van der Waals surface area contributed by atoms with E-state index >= 15 is 0 Å². The van der Waals surface area contributed by atoms with Crippen LogP contribution < -0.4 is 5.43 Å². The molecule has 0 fully saturated rings. The van der Waals surface area contributed by atoms with Gasteiger partial charge in [-0.25, -0.2) is 9.59 Å². The van der Waals surface area contributed by atoms with Gasteiger partial charge < -0.3 is 14.8 Å². The fourth-order valence-electron chi connectivity index (χ4n) is 4.17. The predicted molar refractivity (Wildman–Crippen MR) is 132 cm³/mol. The molecule has 0 bridgehead atoms. The minimum absolute atomic E-state index is 0.0581. The Labute approximate surface area is 196 Å². The molecule has 0 aliphatic rings. The van der Waals surface area contributed by atoms with Crippen LogP contribution in [-0.4, -0.2) is 26.7 Å². The molecule has 6 heteroatoms. The molecule has 34 heavy (non-hydrogen) atoms. The molecule has 1 heterocycles. The smallest absolute Gasteiger partial charge is 0.336 e. The van der Waals surface area contributed by atoms with E-state index in [1.165, 1.54) is 6.07 Å². The number of hydrogen-bond acceptors (Lipinski definition) is 3. The molecule has 0 atom stereocenters. The number of nitrogens with zero attached hydrogens (tertiary/aromatic N) is 1. The number of aryl methyl sites for hydroxylation is 1. The van der Waals surface area contributed by atoms with Crippen molar-refractivity contribution >= 4 is 22.8 Å². The average molecular weight is 456 g/mol. The van der Waals surface area contributed by atoms with Crippen LogP contribution in [-0.2, 0) is 13.0 Å². The van der Waals surface area contributed by atoms with Crippen molar-refractivity contribution in [2.24, 2.45) is 0 Å². The summed E-state index contributed by atoms with van der Waals surface area (Å²) in [4.78, 5) is 36.1. The van der Waals surface area contributed by atoms with E-state index in [4.69, 9.17) is 0 Å². The third-order valence-corrected chi connectivity index (χ3v) is 5.98. The first-order chi connectivity index (χ1) is 16.4. The maximum Gasteiger partial charge on any atom is 0.336 e. The predicted octanol–water partition coefficient (Wildman–Crippen LogP) is 5.46. The van der Waals surface area contributed by atoms with Crippen molar-refractivity contribution in [1.82, 2.24) is 4.57 Å². The molecule has 4 aromatic rings. The Kier molecular flexibility index (Phi) is 6.59. The fraction of sp³-hybridized carbons (Fsp3) is 0.179.